The van der Waals surface area contributed by atoms with Crippen molar-refractivity contribution in [2.75, 3.05) is 19.5 Å². The van der Waals surface area contributed by atoms with Crippen LogP contribution in [-0.2, 0) is 10.5 Å². The molecule has 0 fully saturated rings. The van der Waals surface area contributed by atoms with Crippen LogP contribution in [0.5, 0.6) is 0 Å². The van der Waals surface area contributed by atoms with Crippen LogP contribution in [0.25, 0.3) is 0 Å². The average Bonchev–Trinajstić information content (AvgIpc) is 2.37. The number of ether oxygens (including phenoxy) is 1. The van der Waals surface area contributed by atoms with Gasteiger partial charge in [0.05, 0.1) is 12.7 Å². The normalized spacial score (nSPS) is 12.2. The first kappa shape index (κ1) is 15.0. The van der Waals surface area contributed by atoms with Gasteiger partial charge in [0.25, 0.3) is 0 Å². The number of halogens is 1. The van der Waals surface area contributed by atoms with Crippen molar-refractivity contribution in [2.45, 2.75) is 12.7 Å². The number of aliphatic hydroxyl groups excluding tert-OH is 1. The maximum absolute atomic E-state index is 13.6. The summed E-state index contributed by atoms with van der Waals surface area (Å²) in [6.45, 7) is 2.11. The van der Waals surface area contributed by atoms with Crippen LogP contribution in [0.4, 0.5) is 4.39 Å². The van der Waals surface area contributed by atoms with Crippen molar-refractivity contribution < 1.29 is 19.0 Å². The van der Waals surface area contributed by atoms with Gasteiger partial charge in [-0.2, -0.15) is 11.8 Å². The number of hydrogen-bond acceptors (Lipinski definition) is 4. The third-order valence-electron chi connectivity index (χ3n) is 2.42. The van der Waals surface area contributed by atoms with Crippen LogP contribution >= 0.6 is 11.8 Å². The first-order chi connectivity index (χ1) is 8.58. The molecule has 5 heteroatoms. The minimum Gasteiger partial charge on any atom is -0.465 e. The summed E-state index contributed by atoms with van der Waals surface area (Å²) in [5, 5.41) is 8.88. The van der Waals surface area contributed by atoms with Crippen molar-refractivity contribution in [2.24, 2.45) is 5.92 Å². The molecular weight excluding hydrogens is 255 g/mol. The van der Waals surface area contributed by atoms with E-state index in [2.05, 4.69) is 4.74 Å². The molecule has 1 aromatic carbocycles. The summed E-state index contributed by atoms with van der Waals surface area (Å²) >= 11 is 1.62. The topological polar surface area (TPSA) is 46.5 Å². The molecule has 0 aliphatic heterocycles. The molecule has 18 heavy (non-hydrogen) atoms. The predicted octanol–water partition coefficient (Wildman–Crippen LogP) is 2.47. The lowest BCUT2D eigenvalue weighted by Gasteiger charge is -2.08. The zero-order chi connectivity index (χ0) is 13.5. The number of thioether (sulfide) groups is 1. The van der Waals surface area contributed by atoms with Gasteiger partial charge >= 0.3 is 5.97 Å². The molecule has 0 aliphatic rings. The zero-order valence-corrected chi connectivity index (χ0v) is 11.3. The van der Waals surface area contributed by atoms with Crippen LogP contribution in [0.2, 0.25) is 0 Å². The predicted molar refractivity (Wildman–Crippen MR) is 70.2 cm³/mol. The summed E-state index contributed by atoms with van der Waals surface area (Å²) in [5.74, 6) is 0.476. The molecule has 100 valence electrons. The number of carbonyl (C=O) groups excluding carboxylic acids is 1. The van der Waals surface area contributed by atoms with Gasteiger partial charge in [-0.25, -0.2) is 9.18 Å². The molecule has 0 aromatic heterocycles. The van der Waals surface area contributed by atoms with Crippen molar-refractivity contribution in [3.05, 3.63) is 35.1 Å². The smallest absolute Gasteiger partial charge is 0.340 e. The van der Waals surface area contributed by atoms with Gasteiger partial charge in [0.2, 0.25) is 0 Å². The number of aliphatic hydroxyl groups is 1. The quantitative estimate of drug-likeness (QED) is 0.808. The number of benzene rings is 1. The second-order valence-corrected chi connectivity index (χ2v) is 5.14. The molecule has 0 spiro atoms. The molecule has 3 nitrogen and oxygen atoms in total. The molecule has 0 saturated carbocycles. The first-order valence-corrected chi connectivity index (χ1v) is 6.79. The molecule has 1 aromatic rings. The molecule has 0 aliphatic carbocycles. The fourth-order valence-corrected chi connectivity index (χ4v) is 2.40. The zero-order valence-electron chi connectivity index (χ0n) is 10.5. The van der Waals surface area contributed by atoms with Gasteiger partial charge < -0.3 is 9.84 Å². The standard InChI is InChI=1S/C13H17FO3S/c1-9(6-15)7-18-8-10-3-4-11(12(14)5-10)13(16)17-2/h3-5,9,15H,6-8H2,1-2H3. The van der Waals surface area contributed by atoms with E-state index in [0.29, 0.717) is 5.75 Å². The van der Waals surface area contributed by atoms with Crippen LogP contribution in [0, 0.1) is 11.7 Å². The van der Waals surface area contributed by atoms with E-state index in [9.17, 15) is 9.18 Å². The van der Waals surface area contributed by atoms with E-state index in [4.69, 9.17) is 5.11 Å². The van der Waals surface area contributed by atoms with Gasteiger partial charge in [0.1, 0.15) is 5.82 Å². The Bertz CT molecular complexity index is 409. The number of rotatable bonds is 6. The third kappa shape index (κ3) is 4.31. The Morgan fingerprint density at radius 3 is 2.83 bits per heavy atom. The van der Waals surface area contributed by atoms with Gasteiger partial charge in [-0.05, 0) is 29.4 Å². The minimum absolute atomic E-state index is 0.0463. The maximum Gasteiger partial charge on any atom is 0.340 e. The van der Waals surface area contributed by atoms with Crippen molar-refractivity contribution in [3.8, 4) is 0 Å². The fraction of sp³-hybridized carbons (Fsp3) is 0.462. The van der Waals surface area contributed by atoms with E-state index in [1.54, 1.807) is 17.8 Å². The number of hydrogen-bond donors (Lipinski definition) is 1. The molecule has 0 bridgehead atoms. The SMILES string of the molecule is COC(=O)c1ccc(CSCC(C)CO)cc1F. The Hall–Kier alpha value is -1.07. The third-order valence-corrected chi connectivity index (χ3v) is 3.76. The second kappa shape index (κ2) is 7.38. The van der Waals surface area contributed by atoms with Crippen molar-refractivity contribution in [3.63, 3.8) is 0 Å². The molecular formula is C13H17FO3S. The number of esters is 1. The lowest BCUT2D eigenvalue weighted by atomic mass is 10.1. The summed E-state index contributed by atoms with van der Waals surface area (Å²) in [4.78, 5) is 11.2. The summed E-state index contributed by atoms with van der Waals surface area (Å²) in [5.41, 5.74) is 0.769. The van der Waals surface area contributed by atoms with E-state index in [-0.39, 0.29) is 18.1 Å². The van der Waals surface area contributed by atoms with E-state index in [1.165, 1.54) is 19.2 Å². The molecule has 1 rings (SSSR count). The van der Waals surface area contributed by atoms with Gasteiger partial charge in [-0.3, -0.25) is 0 Å². The van der Waals surface area contributed by atoms with Crippen LogP contribution < -0.4 is 0 Å². The lowest BCUT2D eigenvalue weighted by Crippen LogP contribution is -2.05. The van der Waals surface area contributed by atoms with Crippen molar-refractivity contribution in [1.29, 1.82) is 0 Å². The maximum atomic E-state index is 13.6. The van der Waals surface area contributed by atoms with Gasteiger partial charge in [-0.15, -0.1) is 0 Å². The highest BCUT2D eigenvalue weighted by atomic mass is 32.2. The highest BCUT2D eigenvalue weighted by Gasteiger charge is 2.12. The Kier molecular flexibility index (Phi) is 6.15. The highest BCUT2D eigenvalue weighted by Crippen LogP contribution is 2.18. The highest BCUT2D eigenvalue weighted by molar-refractivity contribution is 7.98. The van der Waals surface area contributed by atoms with Crippen LogP contribution in [0.1, 0.15) is 22.8 Å². The van der Waals surface area contributed by atoms with Gasteiger partial charge in [-0.1, -0.05) is 13.0 Å². The Balaban J connectivity index is 2.59. The van der Waals surface area contributed by atoms with Crippen molar-refractivity contribution in [1.82, 2.24) is 0 Å². The number of carbonyl (C=O) groups is 1. The van der Waals surface area contributed by atoms with E-state index in [0.717, 1.165) is 11.3 Å². The van der Waals surface area contributed by atoms with Crippen LogP contribution in [-0.4, -0.2) is 30.5 Å². The Labute approximate surface area is 110 Å². The molecule has 0 radical (unpaired) electrons. The van der Waals surface area contributed by atoms with Crippen LogP contribution in [0.15, 0.2) is 18.2 Å². The van der Waals surface area contributed by atoms with E-state index < -0.39 is 11.8 Å². The van der Waals surface area contributed by atoms with Gasteiger partial charge in [0, 0.05) is 12.4 Å². The summed E-state index contributed by atoms with van der Waals surface area (Å²) in [6, 6.07) is 4.50. The monoisotopic (exact) mass is 272 g/mol. The largest absolute Gasteiger partial charge is 0.465 e. The lowest BCUT2D eigenvalue weighted by molar-refractivity contribution is 0.0595. The van der Waals surface area contributed by atoms with Crippen LogP contribution in [0.3, 0.4) is 0 Å². The Morgan fingerprint density at radius 2 is 2.28 bits per heavy atom. The second-order valence-electron chi connectivity index (χ2n) is 4.11. The summed E-state index contributed by atoms with van der Waals surface area (Å²) in [7, 11) is 1.22. The number of methoxy groups -OCH3 is 1. The molecule has 0 saturated heterocycles. The molecule has 1 atom stereocenters. The molecule has 1 N–H and O–H groups in total. The van der Waals surface area contributed by atoms with E-state index >= 15 is 0 Å². The van der Waals surface area contributed by atoms with E-state index in [1.807, 2.05) is 6.92 Å². The Morgan fingerprint density at radius 1 is 1.56 bits per heavy atom. The molecule has 0 heterocycles. The first-order valence-electron chi connectivity index (χ1n) is 5.63. The van der Waals surface area contributed by atoms with Crippen molar-refractivity contribution >= 4 is 17.7 Å². The molecule has 1 unspecified atom stereocenters. The van der Waals surface area contributed by atoms with Gasteiger partial charge in [0.15, 0.2) is 0 Å². The summed E-state index contributed by atoms with van der Waals surface area (Å²) < 4.78 is 18.1. The fourth-order valence-electron chi connectivity index (χ4n) is 1.35. The summed E-state index contributed by atoms with van der Waals surface area (Å²) in [6.07, 6.45) is 0. The minimum atomic E-state index is -0.666. The molecule has 0 amide bonds. The average molecular weight is 272 g/mol.